The first-order valence-corrected chi connectivity index (χ1v) is 11.5. The molecule has 0 saturated carbocycles. The maximum Gasteiger partial charge on any atom is 0.256 e. The molecule has 1 amide bonds. The Bertz CT molecular complexity index is 1150. The fourth-order valence-corrected chi connectivity index (χ4v) is 4.61. The van der Waals surface area contributed by atoms with E-state index in [1.807, 2.05) is 43.3 Å². The summed E-state index contributed by atoms with van der Waals surface area (Å²) in [5.74, 6) is -0.429. The summed E-state index contributed by atoms with van der Waals surface area (Å²) in [6.45, 7) is 5.55. The van der Waals surface area contributed by atoms with Crippen LogP contribution in [0.3, 0.4) is 0 Å². The molecule has 0 aromatic heterocycles. The van der Waals surface area contributed by atoms with Crippen molar-refractivity contribution in [1.82, 2.24) is 0 Å². The van der Waals surface area contributed by atoms with Gasteiger partial charge in [-0.1, -0.05) is 25.1 Å². The molecule has 0 spiro atoms. The van der Waals surface area contributed by atoms with Crippen molar-refractivity contribution >= 4 is 23.1 Å². The van der Waals surface area contributed by atoms with E-state index in [0.29, 0.717) is 11.1 Å². The van der Waals surface area contributed by atoms with Crippen molar-refractivity contribution in [2.75, 3.05) is 23.3 Å². The summed E-state index contributed by atoms with van der Waals surface area (Å²) < 4.78 is 13.2. The summed E-state index contributed by atoms with van der Waals surface area (Å²) in [6.07, 6.45) is 2.21. The molecular formula is C28H29FN2O2. The van der Waals surface area contributed by atoms with Crippen LogP contribution in [-0.4, -0.2) is 24.8 Å². The first-order chi connectivity index (χ1) is 16.0. The number of halogens is 1. The molecule has 0 atom stereocenters. The summed E-state index contributed by atoms with van der Waals surface area (Å²) in [5, 5.41) is 3.02. The number of nitrogens with zero attached hydrogens (tertiary/aromatic N) is 1. The van der Waals surface area contributed by atoms with Gasteiger partial charge in [0.25, 0.3) is 5.91 Å². The molecule has 170 valence electrons. The van der Waals surface area contributed by atoms with Gasteiger partial charge in [-0.25, -0.2) is 4.39 Å². The van der Waals surface area contributed by atoms with Crippen molar-refractivity contribution in [3.05, 3.63) is 94.8 Å². The van der Waals surface area contributed by atoms with Gasteiger partial charge < -0.3 is 10.2 Å². The molecule has 1 aliphatic rings. The Balaban J connectivity index is 1.48. The van der Waals surface area contributed by atoms with E-state index in [2.05, 4.69) is 23.2 Å². The summed E-state index contributed by atoms with van der Waals surface area (Å²) in [5.41, 5.74) is 5.20. The van der Waals surface area contributed by atoms with Gasteiger partial charge in [0.2, 0.25) is 0 Å². The number of hydrogen-bond donors (Lipinski definition) is 1. The highest BCUT2D eigenvalue weighted by atomic mass is 19.1. The quantitative estimate of drug-likeness (QED) is 0.471. The fraction of sp³-hybridized carbons (Fsp3) is 0.286. The zero-order valence-electron chi connectivity index (χ0n) is 19.1. The lowest BCUT2D eigenvalue weighted by Crippen LogP contribution is -2.37. The number of carbonyl (C=O) groups is 2. The fourth-order valence-electron chi connectivity index (χ4n) is 4.61. The zero-order valence-corrected chi connectivity index (χ0v) is 19.1. The standard InChI is InChI=1S/C28H29FN2O2/c1-3-24-25(28(33)30-23-7-4-6-19(2)18-23)8-5-9-26(24)31-16-14-21(15-17-31)27(32)20-10-12-22(29)13-11-20/h4-13,18,21H,3,14-17H2,1-2H3,(H,30,33). The van der Waals surface area contributed by atoms with Gasteiger partial charge >= 0.3 is 0 Å². The molecule has 4 nitrogen and oxygen atoms in total. The largest absolute Gasteiger partial charge is 0.371 e. The minimum Gasteiger partial charge on any atom is -0.371 e. The van der Waals surface area contributed by atoms with Crippen LogP contribution in [0, 0.1) is 18.7 Å². The second kappa shape index (κ2) is 9.99. The predicted molar refractivity (Wildman–Crippen MR) is 131 cm³/mol. The molecule has 0 unspecified atom stereocenters. The van der Waals surface area contributed by atoms with E-state index in [0.717, 1.165) is 54.9 Å². The van der Waals surface area contributed by atoms with Crippen LogP contribution in [0.4, 0.5) is 15.8 Å². The van der Waals surface area contributed by atoms with Crippen LogP contribution in [0.5, 0.6) is 0 Å². The zero-order chi connectivity index (χ0) is 23.4. The number of anilines is 2. The minimum atomic E-state index is -0.334. The Morgan fingerprint density at radius 2 is 1.70 bits per heavy atom. The third kappa shape index (κ3) is 5.14. The molecular weight excluding hydrogens is 415 g/mol. The lowest BCUT2D eigenvalue weighted by Gasteiger charge is -2.34. The third-order valence-electron chi connectivity index (χ3n) is 6.36. The van der Waals surface area contributed by atoms with Crippen LogP contribution in [0.1, 0.15) is 51.6 Å². The number of ketones is 1. The van der Waals surface area contributed by atoms with Crippen molar-refractivity contribution in [3.63, 3.8) is 0 Å². The Morgan fingerprint density at radius 3 is 2.36 bits per heavy atom. The molecule has 33 heavy (non-hydrogen) atoms. The average molecular weight is 445 g/mol. The second-order valence-electron chi connectivity index (χ2n) is 8.61. The monoisotopic (exact) mass is 444 g/mol. The summed E-state index contributed by atoms with van der Waals surface area (Å²) >= 11 is 0. The van der Waals surface area contributed by atoms with Crippen LogP contribution in [-0.2, 0) is 6.42 Å². The minimum absolute atomic E-state index is 0.0652. The number of benzene rings is 3. The van der Waals surface area contributed by atoms with Gasteiger partial charge in [-0.15, -0.1) is 0 Å². The van der Waals surface area contributed by atoms with Crippen LogP contribution >= 0.6 is 0 Å². The van der Waals surface area contributed by atoms with E-state index < -0.39 is 0 Å². The van der Waals surface area contributed by atoms with Gasteiger partial charge in [0.15, 0.2) is 5.78 Å². The van der Waals surface area contributed by atoms with Gasteiger partial charge in [0, 0.05) is 41.5 Å². The Morgan fingerprint density at radius 1 is 1.00 bits per heavy atom. The van der Waals surface area contributed by atoms with E-state index in [9.17, 15) is 14.0 Å². The van der Waals surface area contributed by atoms with Gasteiger partial charge in [-0.2, -0.15) is 0 Å². The third-order valence-corrected chi connectivity index (χ3v) is 6.36. The molecule has 1 aliphatic heterocycles. The van der Waals surface area contributed by atoms with Crippen LogP contribution in [0.2, 0.25) is 0 Å². The number of aryl methyl sites for hydroxylation is 1. The van der Waals surface area contributed by atoms with E-state index >= 15 is 0 Å². The highest BCUT2D eigenvalue weighted by molar-refractivity contribution is 6.06. The molecule has 0 radical (unpaired) electrons. The normalized spacial score (nSPS) is 14.2. The molecule has 5 heteroatoms. The van der Waals surface area contributed by atoms with Crippen LogP contribution < -0.4 is 10.2 Å². The van der Waals surface area contributed by atoms with Crippen LogP contribution in [0.15, 0.2) is 66.7 Å². The SMILES string of the molecule is CCc1c(C(=O)Nc2cccc(C)c2)cccc1N1CCC(C(=O)c2ccc(F)cc2)CC1. The second-order valence-corrected chi connectivity index (χ2v) is 8.61. The smallest absolute Gasteiger partial charge is 0.256 e. The van der Waals surface area contributed by atoms with E-state index in [1.54, 1.807) is 12.1 Å². The van der Waals surface area contributed by atoms with Crippen molar-refractivity contribution in [3.8, 4) is 0 Å². The highest BCUT2D eigenvalue weighted by Gasteiger charge is 2.27. The maximum atomic E-state index is 13.2. The van der Waals surface area contributed by atoms with Gasteiger partial charge in [-0.3, -0.25) is 9.59 Å². The predicted octanol–water partition coefficient (Wildman–Crippen LogP) is 6.05. The molecule has 1 heterocycles. The van der Waals surface area contributed by atoms with E-state index in [-0.39, 0.29) is 23.4 Å². The van der Waals surface area contributed by atoms with Gasteiger partial charge in [0.1, 0.15) is 5.82 Å². The van der Waals surface area contributed by atoms with Crippen molar-refractivity contribution in [2.45, 2.75) is 33.1 Å². The number of carbonyl (C=O) groups excluding carboxylic acids is 2. The van der Waals surface area contributed by atoms with Crippen molar-refractivity contribution in [1.29, 1.82) is 0 Å². The molecule has 0 bridgehead atoms. The van der Waals surface area contributed by atoms with Crippen molar-refractivity contribution < 1.29 is 14.0 Å². The first-order valence-electron chi connectivity index (χ1n) is 11.5. The topological polar surface area (TPSA) is 49.4 Å². The summed E-state index contributed by atoms with van der Waals surface area (Å²) in [6, 6.07) is 19.4. The maximum absolute atomic E-state index is 13.2. The average Bonchev–Trinajstić information content (AvgIpc) is 2.83. The van der Waals surface area contributed by atoms with Crippen molar-refractivity contribution in [2.24, 2.45) is 5.92 Å². The Hall–Kier alpha value is -3.47. The molecule has 1 N–H and O–H groups in total. The molecule has 3 aromatic rings. The van der Waals surface area contributed by atoms with Crippen LogP contribution in [0.25, 0.3) is 0 Å². The van der Waals surface area contributed by atoms with E-state index in [1.165, 1.54) is 12.1 Å². The Kier molecular flexibility index (Phi) is 6.87. The number of piperidine rings is 1. The molecule has 3 aromatic carbocycles. The number of nitrogens with one attached hydrogen (secondary N) is 1. The lowest BCUT2D eigenvalue weighted by molar-refractivity contribution is 0.0900. The summed E-state index contributed by atoms with van der Waals surface area (Å²) in [7, 11) is 0. The van der Waals surface area contributed by atoms with E-state index in [4.69, 9.17) is 0 Å². The number of Topliss-reactive ketones (excluding diaryl/α,β-unsaturated/α-hetero) is 1. The first kappa shape index (κ1) is 22.7. The molecule has 4 rings (SSSR count). The molecule has 1 fully saturated rings. The molecule has 1 saturated heterocycles. The number of rotatable bonds is 6. The van der Waals surface area contributed by atoms with Gasteiger partial charge in [-0.05, 0) is 85.8 Å². The lowest BCUT2D eigenvalue weighted by atomic mass is 9.88. The summed E-state index contributed by atoms with van der Waals surface area (Å²) in [4.78, 5) is 28.2. The van der Waals surface area contributed by atoms with Gasteiger partial charge in [0.05, 0.1) is 0 Å². The Labute approximate surface area is 194 Å². The highest BCUT2D eigenvalue weighted by Crippen LogP contribution is 2.31. The molecule has 0 aliphatic carbocycles. The number of hydrogen-bond acceptors (Lipinski definition) is 3. The number of amides is 1.